The summed E-state index contributed by atoms with van der Waals surface area (Å²) in [6.45, 7) is 1.16. The van der Waals surface area contributed by atoms with Crippen LogP contribution in [0, 0.1) is 0 Å². The van der Waals surface area contributed by atoms with Crippen molar-refractivity contribution in [3.05, 3.63) is 77.4 Å². The third-order valence-electron chi connectivity index (χ3n) is 5.60. The zero-order valence-corrected chi connectivity index (χ0v) is 18.5. The average Bonchev–Trinajstić information content (AvgIpc) is 3.18. The first-order valence-electron chi connectivity index (χ1n) is 10.9. The lowest BCUT2D eigenvalue weighted by molar-refractivity contribution is -0.134. The number of para-hydroxylation sites is 1. The number of aromatic nitrogens is 3. The van der Waals surface area contributed by atoms with Gasteiger partial charge in [0.25, 0.3) is 5.91 Å². The molecule has 3 heterocycles. The number of nitrogens with one attached hydrogen (secondary N) is 2. The zero-order valence-electron chi connectivity index (χ0n) is 18.5. The second kappa shape index (κ2) is 10.1. The molecule has 3 amide bonds. The van der Waals surface area contributed by atoms with Crippen molar-refractivity contribution in [1.29, 1.82) is 0 Å². The van der Waals surface area contributed by atoms with Gasteiger partial charge in [0.15, 0.2) is 5.69 Å². The first-order chi connectivity index (χ1) is 16.0. The van der Waals surface area contributed by atoms with E-state index in [1.165, 1.54) is 0 Å². The van der Waals surface area contributed by atoms with Crippen molar-refractivity contribution in [3.63, 3.8) is 0 Å². The second-order valence-electron chi connectivity index (χ2n) is 7.88. The molecule has 1 aliphatic rings. The number of nitrogens with zero attached hydrogens (tertiary/aromatic N) is 4. The Labute approximate surface area is 191 Å². The van der Waals surface area contributed by atoms with Gasteiger partial charge in [0.2, 0.25) is 11.8 Å². The molecule has 170 valence electrons. The van der Waals surface area contributed by atoms with Crippen LogP contribution in [0.5, 0.6) is 0 Å². The number of amides is 3. The number of carbonyl (C=O) groups is 3. The van der Waals surface area contributed by atoms with Gasteiger partial charge in [-0.2, -0.15) is 5.10 Å². The Morgan fingerprint density at radius 1 is 1.03 bits per heavy atom. The highest BCUT2D eigenvalue weighted by Gasteiger charge is 2.29. The topological polar surface area (TPSA) is 109 Å². The highest BCUT2D eigenvalue weighted by Crippen LogP contribution is 2.24. The van der Waals surface area contributed by atoms with Gasteiger partial charge in [0, 0.05) is 62.5 Å². The molecule has 1 aliphatic heterocycles. The maximum Gasteiger partial charge on any atom is 0.276 e. The standard InChI is InChI=1S/C24H26N6O3/c1-29-20-12-14-30(22(32)11-10-21(31)26-15-18-9-5-6-13-25-18)16-19(20)23(28-29)24(33)27-17-7-3-2-4-8-17/h2-9,13H,10-12,14-16H2,1H3,(H,26,31)(H,27,33). The van der Waals surface area contributed by atoms with Gasteiger partial charge in [0.1, 0.15) is 0 Å². The third kappa shape index (κ3) is 5.43. The van der Waals surface area contributed by atoms with Crippen molar-refractivity contribution in [2.24, 2.45) is 7.05 Å². The van der Waals surface area contributed by atoms with Gasteiger partial charge in [-0.1, -0.05) is 24.3 Å². The number of hydrogen-bond acceptors (Lipinski definition) is 5. The Morgan fingerprint density at radius 3 is 2.58 bits per heavy atom. The maximum atomic E-state index is 12.8. The molecule has 2 aromatic heterocycles. The molecule has 3 aromatic rings. The number of fused-ring (bicyclic) bond motifs is 1. The van der Waals surface area contributed by atoms with E-state index in [2.05, 4.69) is 20.7 Å². The van der Waals surface area contributed by atoms with Crippen molar-refractivity contribution in [1.82, 2.24) is 25.0 Å². The highest BCUT2D eigenvalue weighted by atomic mass is 16.2. The fraction of sp³-hybridized carbons (Fsp3) is 0.292. The Bertz CT molecular complexity index is 1140. The highest BCUT2D eigenvalue weighted by molar-refractivity contribution is 6.04. The average molecular weight is 447 g/mol. The number of pyridine rings is 1. The van der Waals surface area contributed by atoms with Gasteiger partial charge in [-0.3, -0.25) is 24.0 Å². The normalized spacial score (nSPS) is 12.7. The Balaban J connectivity index is 1.34. The van der Waals surface area contributed by atoms with Crippen molar-refractivity contribution in [3.8, 4) is 0 Å². The minimum absolute atomic E-state index is 0.101. The Morgan fingerprint density at radius 2 is 1.82 bits per heavy atom. The molecule has 9 nitrogen and oxygen atoms in total. The van der Waals surface area contributed by atoms with Crippen LogP contribution in [-0.2, 0) is 36.1 Å². The van der Waals surface area contributed by atoms with Gasteiger partial charge >= 0.3 is 0 Å². The molecule has 9 heteroatoms. The molecular weight excluding hydrogens is 420 g/mol. The summed E-state index contributed by atoms with van der Waals surface area (Å²) in [6.07, 6.45) is 2.48. The Hall–Kier alpha value is -4.01. The summed E-state index contributed by atoms with van der Waals surface area (Å²) in [4.78, 5) is 43.6. The van der Waals surface area contributed by atoms with Crippen LogP contribution in [-0.4, -0.2) is 43.9 Å². The van der Waals surface area contributed by atoms with Crippen LogP contribution in [0.1, 0.15) is 40.3 Å². The number of hydrogen-bond donors (Lipinski definition) is 2. The van der Waals surface area contributed by atoms with Gasteiger partial charge < -0.3 is 15.5 Å². The fourth-order valence-electron chi connectivity index (χ4n) is 3.86. The van der Waals surface area contributed by atoms with Crippen LogP contribution in [0.15, 0.2) is 54.7 Å². The van der Waals surface area contributed by atoms with Crippen molar-refractivity contribution in [2.75, 3.05) is 11.9 Å². The minimum atomic E-state index is -0.304. The monoisotopic (exact) mass is 446 g/mol. The van der Waals surface area contributed by atoms with Gasteiger partial charge in [0.05, 0.1) is 12.2 Å². The number of carbonyl (C=O) groups excluding carboxylic acids is 3. The van der Waals surface area contributed by atoms with Crippen LogP contribution in [0.3, 0.4) is 0 Å². The summed E-state index contributed by atoms with van der Waals surface area (Å²) >= 11 is 0. The van der Waals surface area contributed by atoms with Crippen molar-refractivity contribution >= 4 is 23.4 Å². The van der Waals surface area contributed by atoms with E-state index < -0.39 is 0 Å². The summed E-state index contributed by atoms with van der Waals surface area (Å²) in [5.41, 5.74) is 3.47. The first-order valence-corrected chi connectivity index (χ1v) is 10.9. The minimum Gasteiger partial charge on any atom is -0.350 e. The van der Waals surface area contributed by atoms with Crippen molar-refractivity contribution in [2.45, 2.75) is 32.4 Å². The predicted molar refractivity (Wildman–Crippen MR) is 122 cm³/mol. The third-order valence-corrected chi connectivity index (χ3v) is 5.60. The molecule has 0 atom stereocenters. The molecule has 0 bridgehead atoms. The summed E-state index contributed by atoms with van der Waals surface area (Å²) in [7, 11) is 1.81. The van der Waals surface area contributed by atoms with Crippen LogP contribution >= 0.6 is 0 Å². The number of aryl methyl sites for hydroxylation is 1. The van der Waals surface area contributed by atoms with Crippen LogP contribution in [0.4, 0.5) is 5.69 Å². The fourth-order valence-corrected chi connectivity index (χ4v) is 3.86. The van der Waals surface area contributed by atoms with E-state index in [4.69, 9.17) is 0 Å². The van der Waals surface area contributed by atoms with E-state index in [0.717, 1.165) is 17.0 Å². The van der Waals surface area contributed by atoms with Crippen LogP contribution < -0.4 is 10.6 Å². The van der Waals surface area contributed by atoms with E-state index in [9.17, 15) is 14.4 Å². The summed E-state index contributed by atoms with van der Waals surface area (Å²) in [6, 6.07) is 14.7. The first kappa shape index (κ1) is 22.2. The molecule has 0 saturated heterocycles. The lowest BCUT2D eigenvalue weighted by Gasteiger charge is -2.27. The summed E-state index contributed by atoms with van der Waals surface area (Å²) < 4.78 is 1.71. The predicted octanol–water partition coefficient (Wildman–Crippen LogP) is 2.05. The van der Waals surface area contributed by atoms with E-state index >= 15 is 0 Å². The smallest absolute Gasteiger partial charge is 0.276 e. The number of anilines is 1. The maximum absolute atomic E-state index is 12.8. The molecule has 0 aliphatic carbocycles. The van der Waals surface area contributed by atoms with E-state index in [0.29, 0.717) is 37.4 Å². The van der Waals surface area contributed by atoms with E-state index in [-0.39, 0.29) is 30.6 Å². The molecule has 33 heavy (non-hydrogen) atoms. The molecule has 4 rings (SSSR count). The molecule has 0 unspecified atom stereocenters. The molecule has 0 fully saturated rings. The molecule has 2 N–H and O–H groups in total. The Kier molecular flexibility index (Phi) is 6.77. The number of rotatable bonds is 7. The molecule has 0 radical (unpaired) electrons. The van der Waals surface area contributed by atoms with Gasteiger partial charge in [-0.25, -0.2) is 0 Å². The van der Waals surface area contributed by atoms with Gasteiger partial charge in [-0.15, -0.1) is 0 Å². The quantitative estimate of drug-likeness (QED) is 0.577. The molecule has 1 aromatic carbocycles. The van der Waals surface area contributed by atoms with Crippen LogP contribution in [0.25, 0.3) is 0 Å². The van der Waals surface area contributed by atoms with Gasteiger partial charge in [-0.05, 0) is 24.3 Å². The molecule has 0 spiro atoms. The molecule has 0 saturated carbocycles. The zero-order chi connectivity index (χ0) is 23.2. The van der Waals surface area contributed by atoms with E-state index in [1.54, 1.807) is 15.8 Å². The lowest BCUT2D eigenvalue weighted by Crippen LogP contribution is -2.37. The number of benzene rings is 1. The largest absolute Gasteiger partial charge is 0.350 e. The second-order valence-corrected chi connectivity index (χ2v) is 7.88. The SMILES string of the molecule is Cn1nc(C(=O)Nc2ccccc2)c2c1CCN(C(=O)CCC(=O)NCc1ccccn1)C2. The summed E-state index contributed by atoms with van der Waals surface area (Å²) in [5, 5.41) is 10.0. The lowest BCUT2D eigenvalue weighted by atomic mass is 10.0. The summed E-state index contributed by atoms with van der Waals surface area (Å²) in [5.74, 6) is -0.621. The van der Waals surface area contributed by atoms with E-state index in [1.807, 2.05) is 55.6 Å². The van der Waals surface area contributed by atoms with Crippen molar-refractivity contribution < 1.29 is 14.4 Å². The van der Waals surface area contributed by atoms with Crippen LogP contribution in [0.2, 0.25) is 0 Å². The molecular formula is C24H26N6O3.